The van der Waals surface area contributed by atoms with Crippen LogP contribution in [0.25, 0.3) is 17.1 Å². The molecule has 1 N–H and O–H groups in total. The Balaban J connectivity index is 1.60. The maximum absolute atomic E-state index is 12.6. The normalized spacial score (nSPS) is 10.9. The molecule has 5 nitrogen and oxygen atoms in total. The Morgan fingerprint density at radius 2 is 1.53 bits per heavy atom. The molecule has 0 atom stereocenters. The molecule has 1 amide bonds. The van der Waals surface area contributed by atoms with Gasteiger partial charge < -0.3 is 5.32 Å². The summed E-state index contributed by atoms with van der Waals surface area (Å²) in [6, 6.07) is 20.1. The van der Waals surface area contributed by atoms with Crippen molar-refractivity contribution in [3.63, 3.8) is 0 Å². The number of carbonyl (C=O) groups is 1. The van der Waals surface area contributed by atoms with Crippen molar-refractivity contribution in [3.05, 3.63) is 87.4 Å². The van der Waals surface area contributed by atoms with Gasteiger partial charge >= 0.3 is 0 Å². The maximum Gasteiger partial charge on any atom is 0.234 e. The van der Waals surface area contributed by atoms with Crippen molar-refractivity contribution in [3.8, 4) is 17.1 Å². The van der Waals surface area contributed by atoms with E-state index in [1.807, 2.05) is 41.8 Å². The van der Waals surface area contributed by atoms with E-state index in [9.17, 15) is 4.79 Å². The number of nitrogens with zero attached hydrogens (tertiary/aromatic N) is 3. The molecule has 1 aromatic heterocycles. The average Bonchev–Trinajstić information content (AvgIpc) is 3.20. The predicted molar refractivity (Wildman–Crippen MR) is 132 cm³/mol. The standard InChI is InChI=1S/C23H17Cl3N4OS/c1-14-2-5-18(26)12-20(14)27-21(31)13-32-23-29-28-22(15-3-6-16(24)7-4-15)30(23)19-10-8-17(25)9-11-19/h2-12H,13H2,1H3,(H,27,31). The highest BCUT2D eigenvalue weighted by Crippen LogP contribution is 2.29. The molecule has 0 saturated heterocycles. The third-order valence-corrected chi connectivity index (χ3v) is 6.29. The Bertz CT molecular complexity index is 1260. The molecule has 0 unspecified atom stereocenters. The third-order valence-electron chi connectivity index (χ3n) is 4.63. The van der Waals surface area contributed by atoms with Gasteiger partial charge in [0.1, 0.15) is 0 Å². The number of hydrogen-bond acceptors (Lipinski definition) is 4. The van der Waals surface area contributed by atoms with Crippen molar-refractivity contribution in [2.75, 3.05) is 11.1 Å². The van der Waals surface area contributed by atoms with Crippen molar-refractivity contribution >= 4 is 58.2 Å². The summed E-state index contributed by atoms with van der Waals surface area (Å²) in [5.74, 6) is 0.620. The van der Waals surface area contributed by atoms with E-state index >= 15 is 0 Å². The highest BCUT2D eigenvalue weighted by atomic mass is 35.5. The molecule has 3 aromatic carbocycles. The summed E-state index contributed by atoms with van der Waals surface area (Å²) in [6.45, 7) is 1.91. The number of anilines is 1. The van der Waals surface area contributed by atoms with Gasteiger partial charge in [0, 0.05) is 32.0 Å². The fourth-order valence-corrected chi connectivity index (χ4v) is 4.19. The lowest BCUT2D eigenvalue weighted by Crippen LogP contribution is -2.15. The van der Waals surface area contributed by atoms with Crippen LogP contribution in [0, 0.1) is 6.92 Å². The van der Waals surface area contributed by atoms with Gasteiger partial charge in [0.15, 0.2) is 11.0 Å². The molecule has 9 heteroatoms. The summed E-state index contributed by atoms with van der Waals surface area (Å²) in [7, 11) is 0. The lowest BCUT2D eigenvalue weighted by atomic mass is 10.2. The SMILES string of the molecule is Cc1ccc(Cl)cc1NC(=O)CSc1nnc(-c2ccc(Cl)cc2)n1-c1ccc(Cl)cc1. The van der Waals surface area contributed by atoms with Crippen molar-refractivity contribution in [1.29, 1.82) is 0 Å². The second kappa shape index (κ2) is 9.96. The van der Waals surface area contributed by atoms with Gasteiger partial charge in [-0.1, -0.05) is 52.6 Å². The van der Waals surface area contributed by atoms with Gasteiger partial charge in [0.25, 0.3) is 0 Å². The number of hydrogen-bond donors (Lipinski definition) is 1. The van der Waals surface area contributed by atoms with Gasteiger partial charge in [-0.25, -0.2) is 0 Å². The van der Waals surface area contributed by atoms with Crippen molar-refractivity contribution < 1.29 is 4.79 Å². The van der Waals surface area contributed by atoms with Gasteiger partial charge in [-0.3, -0.25) is 9.36 Å². The van der Waals surface area contributed by atoms with Gasteiger partial charge in [0.2, 0.25) is 5.91 Å². The average molecular weight is 504 g/mol. The van der Waals surface area contributed by atoms with Crippen molar-refractivity contribution in [2.45, 2.75) is 12.1 Å². The Hall–Kier alpha value is -2.51. The van der Waals surface area contributed by atoms with Crippen LogP contribution in [0.15, 0.2) is 71.9 Å². The number of benzene rings is 3. The van der Waals surface area contributed by atoms with E-state index in [1.54, 1.807) is 36.4 Å². The predicted octanol–water partition coefficient (Wildman–Crippen LogP) is 6.93. The van der Waals surface area contributed by atoms with E-state index in [1.165, 1.54) is 11.8 Å². The van der Waals surface area contributed by atoms with E-state index in [4.69, 9.17) is 34.8 Å². The molecular formula is C23H17Cl3N4OS. The second-order valence-electron chi connectivity index (χ2n) is 6.92. The minimum absolute atomic E-state index is 0.151. The topological polar surface area (TPSA) is 59.8 Å². The van der Waals surface area contributed by atoms with Gasteiger partial charge in [-0.15, -0.1) is 10.2 Å². The quantitative estimate of drug-likeness (QED) is 0.290. The first kappa shape index (κ1) is 22.7. The van der Waals surface area contributed by atoms with E-state index in [2.05, 4.69) is 15.5 Å². The largest absolute Gasteiger partial charge is 0.325 e. The monoisotopic (exact) mass is 502 g/mol. The van der Waals surface area contributed by atoms with E-state index in [0.29, 0.717) is 31.7 Å². The molecule has 162 valence electrons. The molecule has 0 radical (unpaired) electrons. The highest BCUT2D eigenvalue weighted by molar-refractivity contribution is 7.99. The van der Waals surface area contributed by atoms with Crippen LogP contribution in [-0.4, -0.2) is 26.4 Å². The first-order chi connectivity index (χ1) is 15.4. The minimum Gasteiger partial charge on any atom is -0.325 e. The molecule has 0 aliphatic heterocycles. The molecule has 4 aromatic rings. The molecule has 0 fully saturated rings. The fraction of sp³-hybridized carbons (Fsp3) is 0.0870. The summed E-state index contributed by atoms with van der Waals surface area (Å²) in [4.78, 5) is 12.6. The molecule has 1 heterocycles. The minimum atomic E-state index is -0.168. The van der Waals surface area contributed by atoms with Crippen molar-refractivity contribution in [2.24, 2.45) is 0 Å². The number of thioether (sulfide) groups is 1. The number of carbonyl (C=O) groups excluding carboxylic acids is 1. The zero-order valence-electron chi connectivity index (χ0n) is 16.8. The Morgan fingerprint density at radius 3 is 2.22 bits per heavy atom. The molecule has 32 heavy (non-hydrogen) atoms. The molecule has 0 aliphatic carbocycles. The van der Waals surface area contributed by atoms with Crippen molar-refractivity contribution in [1.82, 2.24) is 14.8 Å². The number of rotatable bonds is 6. The summed E-state index contributed by atoms with van der Waals surface area (Å²) in [6.07, 6.45) is 0. The second-order valence-corrected chi connectivity index (χ2v) is 9.17. The van der Waals surface area contributed by atoms with Crippen LogP contribution in [-0.2, 0) is 4.79 Å². The van der Waals surface area contributed by atoms with Crippen LogP contribution in [0.3, 0.4) is 0 Å². The zero-order valence-corrected chi connectivity index (χ0v) is 19.9. The first-order valence-electron chi connectivity index (χ1n) is 9.57. The summed E-state index contributed by atoms with van der Waals surface area (Å²) >= 11 is 19.4. The summed E-state index contributed by atoms with van der Waals surface area (Å²) < 4.78 is 1.89. The van der Waals surface area contributed by atoms with Gasteiger partial charge in [-0.2, -0.15) is 0 Å². The molecule has 0 aliphatic rings. The zero-order chi connectivity index (χ0) is 22.7. The van der Waals surface area contributed by atoms with Gasteiger partial charge in [-0.05, 0) is 73.2 Å². The molecular weight excluding hydrogens is 487 g/mol. The number of aromatic nitrogens is 3. The molecule has 0 bridgehead atoms. The number of amides is 1. The lowest BCUT2D eigenvalue weighted by Gasteiger charge is -2.11. The smallest absolute Gasteiger partial charge is 0.234 e. The summed E-state index contributed by atoms with van der Waals surface area (Å²) in [5.41, 5.74) is 3.30. The van der Waals surface area contributed by atoms with E-state index in [-0.39, 0.29) is 11.7 Å². The summed E-state index contributed by atoms with van der Waals surface area (Å²) in [5, 5.41) is 14.0. The maximum atomic E-state index is 12.6. The molecule has 0 spiro atoms. The molecule has 0 saturated carbocycles. The number of nitrogens with one attached hydrogen (secondary N) is 1. The van der Waals surface area contributed by atoms with Gasteiger partial charge in [0.05, 0.1) is 5.75 Å². The highest BCUT2D eigenvalue weighted by Gasteiger charge is 2.18. The lowest BCUT2D eigenvalue weighted by molar-refractivity contribution is -0.113. The Labute approximate surface area is 204 Å². The van der Waals surface area contributed by atoms with Crippen LogP contribution in [0.5, 0.6) is 0 Å². The van der Waals surface area contributed by atoms with Crippen LogP contribution >= 0.6 is 46.6 Å². The Morgan fingerprint density at radius 1 is 0.906 bits per heavy atom. The third kappa shape index (κ3) is 5.27. The van der Waals surface area contributed by atoms with Crippen LogP contribution < -0.4 is 5.32 Å². The van der Waals surface area contributed by atoms with Crippen LogP contribution in [0.4, 0.5) is 5.69 Å². The van der Waals surface area contributed by atoms with E-state index < -0.39 is 0 Å². The Kier molecular flexibility index (Phi) is 7.06. The number of aryl methyl sites for hydroxylation is 1. The van der Waals surface area contributed by atoms with Crippen LogP contribution in [0.1, 0.15) is 5.56 Å². The van der Waals surface area contributed by atoms with Crippen LogP contribution in [0.2, 0.25) is 15.1 Å². The fourth-order valence-electron chi connectivity index (χ4n) is 3.02. The van der Waals surface area contributed by atoms with E-state index in [0.717, 1.165) is 16.8 Å². The molecule has 4 rings (SSSR count). The first-order valence-corrected chi connectivity index (χ1v) is 11.7. The number of halogens is 3.